The molecule has 216 valence electrons. The first-order valence-electron chi connectivity index (χ1n) is 13.4. The molecule has 3 aliphatic heterocycles. The number of hydrogen-bond donors (Lipinski definition) is 3. The summed E-state index contributed by atoms with van der Waals surface area (Å²) in [6.45, 7) is 0.489. The van der Waals surface area contributed by atoms with Crippen molar-refractivity contribution in [2.24, 2.45) is 17.8 Å². The molecule has 0 radical (unpaired) electrons. The molecule has 5 rings (SSSR count). The highest BCUT2D eigenvalue weighted by Crippen LogP contribution is 2.49. The average Bonchev–Trinajstić information content (AvgIpc) is 2.84. The van der Waals surface area contributed by atoms with Gasteiger partial charge in [0.1, 0.15) is 18.1 Å². The Hall–Kier alpha value is -2.98. The number of rotatable bonds is 8. The molecule has 6 atom stereocenters. The van der Waals surface area contributed by atoms with E-state index in [4.69, 9.17) is 0 Å². The van der Waals surface area contributed by atoms with Gasteiger partial charge in [0.15, 0.2) is 0 Å². The van der Waals surface area contributed by atoms with Crippen LogP contribution in [0.2, 0.25) is 0 Å². The van der Waals surface area contributed by atoms with E-state index in [0.717, 1.165) is 11.3 Å². The van der Waals surface area contributed by atoms with Crippen LogP contribution >= 0.6 is 0 Å². The monoisotopic (exact) mass is 561 g/mol. The molecule has 0 aromatic heterocycles. The van der Waals surface area contributed by atoms with Crippen molar-refractivity contribution in [3.8, 4) is 6.07 Å². The van der Waals surface area contributed by atoms with Gasteiger partial charge in [-0.1, -0.05) is 19.3 Å². The fraction of sp³-hybridized carbons (Fsp3) is 0.800. The minimum Gasteiger partial charge on any atom is -0.356 e. The summed E-state index contributed by atoms with van der Waals surface area (Å²) in [5.41, 5.74) is 0. The Bertz CT molecular complexity index is 1030. The average molecular weight is 562 g/mol. The van der Waals surface area contributed by atoms with Crippen LogP contribution in [-0.4, -0.2) is 71.3 Å². The molecule has 5 fully saturated rings. The second-order valence-electron chi connectivity index (χ2n) is 11.1. The number of nitrogens with one attached hydrogen (secondary N) is 3. The van der Waals surface area contributed by atoms with Crippen LogP contribution in [0.5, 0.6) is 0 Å². The number of carbonyl (C=O) groups excluding carboxylic acids is 4. The summed E-state index contributed by atoms with van der Waals surface area (Å²) in [4.78, 5) is 51.9. The van der Waals surface area contributed by atoms with Gasteiger partial charge in [-0.25, -0.2) is 8.78 Å². The lowest BCUT2D eigenvalue weighted by atomic mass is 9.71. The Morgan fingerprint density at radius 1 is 1.08 bits per heavy atom. The Labute approximate surface area is 222 Å². The van der Waals surface area contributed by atoms with Crippen LogP contribution in [0.15, 0.2) is 0 Å². The molecule has 0 unspecified atom stereocenters. The molecule has 3 N–H and O–H groups in total. The van der Waals surface area contributed by atoms with Crippen molar-refractivity contribution in [1.82, 2.24) is 20.9 Å². The number of nitrogens with zero attached hydrogens (tertiary/aromatic N) is 2. The molecule has 0 spiro atoms. The van der Waals surface area contributed by atoms with E-state index in [1.807, 2.05) is 6.07 Å². The normalized spacial score (nSPS) is 29.8. The molecule has 3 saturated heterocycles. The lowest BCUT2D eigenvalue weighted by Crippen LogP contribution is -2.71. The molecule has 3 heterocycles. The van der Waals surface area contributed by atoms with Gasteiger partial charge in [-0.05, 0) is 44.4 Å². The minimum absolute atomic E-state index is 0.0504. The van der Waals surface area contributed by atoms with Gasteiger partial charge in [-0.3, -0.25) is 19.2 Å². The lowest BCUT2D eigenvalue weighted by Gasteiger charge is -2.54. The summed E-state index contributed by atoms with van der Waals surface area (Å²) in [7, 11) is 0. The highest BCUT2D eigenvalue weighted by Gasteiger charge is 2.61. The fourth-order valence-corrected chi connectivity index (χ4v) is 6.27. The van der Waals surface area contributed by atoms with Crippen LogP contribution in [0, 0.1) is 29.1 Å². The van der Waals surface area contributed by atoms with Crippen LogP contribution in [0.4, 0.5) is 22.0 Å². The lowest BCUT2D eigenvalue weighted by molar-refractivity contribution is -0.196. The van der Waals surface area contributed by atoms with Gasteiger partial charge in [0.05, 0.1) is 12.0 Å². The van der Waals surface area contributed by atoms with E-state index >= 15 is 0 Å². The van der Waals surface area contributed by atoms with E-state index in [2.05, 4.69) is 10.6 Å². The molecule has 14 heteroatoms. The Kier molecular flexibility index (Phi) is 8.37. The van der Waals surface area contributed by atoms with Crippen LogP contribution in [-0.2, 0) is 19.2 Å². The Morgan fingerprint density at radius 3 is 2.36 bits per heavy atom. The van der Waals surface area contributed by atoms with Crippen LogP contribution in [0.3, 0.4) is 0 Å². The molecule has 4 amide bonds. The number of piperidine rings is 3. The zero-order chi connectivity index (χ0) is 28.5. The van der Waals surface area contributed by atoms with Crippen molar-refractivity contribution < 1.29 is 41.1 Å². The van der Waals surface area contributed by atoms with Crippen LogP contribution in [0.1, 0.15) is 64.2 Å². The maximum Gasteiger partial charge on any atom is 0.471 e. The standard InChI is InChI=1S/C25H32F5N5O4/c26-24(27)11-16-6-7-17(24)19(21(37)33-15(12-31)10-14-5-2-8-32-20(14)36)35(16)22(38)18(9-13-3-1-4-13)34-23(39)25(28,29)30/h13-19H,1-11H2,(H,32,36)(H,33,37)(H,34,39)/t14-,15-,16+,17+,18-,19+/m1/s1. The maximum absolute atomic E-state index is 15.0. The fourth-order valence-electron chi connectivity index (χ4n) is 6.27. The number of hydrogen-bond acceptors (Lipinski definition) is 5. The minimum atomic E-state index is -5.26. The molecular weight excluding hydrogens is 529 g/mol. The summed E-state index contributed by atoms with van der Waals surface area (Å²) in [5.74, 6) is -10.2. The van der Waals surface area contributed by atoms with E-state index in [9.17, 15) is 46.4 Å². The van der Waals surface area contributed by atoms with Crippen molar-refractivity contribution >= 4 is 23.6 Å². The first kappa shape index (κ1) is 29.0. The van der Waals surface area contributed by atoms with Gasteiger partial charge in [0, 0.05) is 24.9 Å². The summed E-state index contributed by atoms with van der Waals surface area (Å²) in [6, 6.07) is -3.82. The van der Waals surface area contributed by atoms with E-state index < -0.39 is 72.2 Å². The summed E-state index contributed by atoms with van der Waals surface area (Å²) in [6.07, 6.45) is -2.84. The molecule has 0 aromatic rings. The maximum atomic E-state index is 15.0. The van der Waals surface area contributed by atoms with Gasteiger partial charge in [0.2, 0.25) is 17.7 Å². The number of nitriles is 1. The van der Waals surface area contributed by atoms with E-state index in [1.54, 1.807) is 5.32 Å². The molecule has 2 aliphatic carbocycles. The predicted octanol–water partition coefficient (Wildman–Crippen LogP) is 2.16. The second kappa shape index (κ2) is 11.3. The highest BCUT2D eigenvalue weighted by molar-refractivity contribution is 5.94. The number of halogens is 5. The largest absolute Gasteiger partial charge is 0.471 e. The van der Waals surface area contributed by atoms with E-state index in [0.29, 0.717) is 32.2 Å². The molecule has 9 nitrogen and oxygen atoms in total. The summed E-state index contributed by atoms with van der Waals surface area (Å²) >= 11 is 0. The first-order valence-corrected chi connectivity index (χ1v) is 13.4. The zero-order valence-electron chi connectivity index (χ0n) is 21.2. The van der Waals surface area contributed by atoms with Crippen molar-refractivity contribution in [2.45, 2.75) is 100 Å². The van der Waals surface area contributed by atoms with E-state index in [1.165, 1.54) is 0 Å². The SMILES string of the molecule is N#C[C@@H](C[C@H]1CCCNC1=O)NC(=O)[C@@H]1[C@@H]2CC[C@@H](CC2(F)F)N1C(=O)[C@@H](CC1CCC1)NC(=O)C(F)(F)F. The molecular formula is C25H32F5N5O4. The van der Waals surface area contributed by atoms with Crippen molar-refractivity contribution in [2.75, 3.05) is 6.54 Å². The van der Waals surface area contributed by atoms with Gasteiger partial charge in [-0.2, -0.15) is 18.4 Å². The molecule has 39 heavy (non-hydrogen) atoms. The number of fused-ring (bicyclic) bond motifs is 3. The van der Waals surface area contributed by atoms with Crippen molar-refractivity contribution in [1.29, 1.82) is 5.26 Å². The van der Waals surface area contributed by atoms with Crippen molar-refractivity contribution in [3.05, 3.63) is 0 Å². The highest BCUT2D eigenvalue weighted by atomic mass is 19.4. The quantitative estimate of drug-likeness (QED) is 0.391. The third kappa shape index (κ3) is 6.27. The third-order valence-electron chi connectivity index (χ3n) is 8.51. The van der Waals surface area contributed by atoms with Crippen molar-refractivity contribution in [3.63, 3.8) is 0 Å². The van der Waals surface area contributed by atoms with Gasteiger partial charge in [-0.15, -0.1) is 0 Å². The molecule has 2 bridgehead atoms. The molecule has 2 saturated carbocycles. The first-order chi connectivity index (χ1) is 18.3. The number of amides is 4. The third-order valence-corrected chi connectivity index (χ3v) is 8.51. The van der Waals surface area contributed by atoms with Gasteiger partial charge >= 0.3 is 12.1 Å². The molecule has 5 aliphatic rings. The van der Waals surface area contributed by atoms with Gasteiger partial charge < -0.3 is 20.9 Å². The Balaban J connectivity index is 1.57. The second-order valence-corrected chi connectivity index (χ2v) is 11.1. The van der Waals surface area contributed by atoms with E-state index in [-0.39, 0.29) is 37.5 Å². The number of alkyl halides is 5. The Morgan fingerprint density at radius 2 is 1.79 bits per heavy atom. The smallest absolute Gasteiger partial charge is 0.356 e. The summed E-state index contributed by atoms with van der Waals surface area (Å²) in [5, 5.41) is 16.4. The van der Waals surface area contributed by atoms with Gasteiger partial charge in [0.25, 0.3) is 5.92 Å². The van der Waals surface area contributed by atoms with Crippen LogP contribution < -0.4 is 16.0 Å². The topological polar surface area (TPSA) is 131 Å². The van der Waals surface area contributed by atoms with Crippen LogP contribution in [0.25, 0.3) is 0 Å². The predicted molar refractivity (Wildman–Crippen MR) is 125 cm³/mol. The number of carbonyl (C=O) groups is 4. The molecule has 0 aromatic carbocycles. The summed E-state index contributed by atoms with van der Waals surface area (Å²) < 4.78 is 69.1. The zero-order valence-corrected chi connectivity index (χ0v) is 21.2.